The van der Waals surface area contributed by atoms with Crippen molar-refractivity contribution in [2.24, 2.45) is 0 Å². The fourth-order valence-corrected chi connectivity index (χ4v) is 4.24. The van der Waals surface area contributed by atoms with Gasteiger partial charge in [-0.05, 0) is 41.8 Å². The van der Waals surface area contributed by atoms with Crippen molar-refractivity contribution in [3.05, 3.63) is 65.0 Å². The molecule has 0 radical (unpaired) electrons. The maximum atomic E-state index is 13.2. The van der Waals surface area contributed by atoms with E-state index in [1.807, 2.05) is 30.8 Å². The van der Waals surface area contributed by atoms with E-state index in [9.17, 15) is 14.0 Å². The summed E-state index contributed by atoms with van der Waals surface area (Å²) in [7, 11) is 0. The smallest absolute Gasteiger partial charge is 0.243 e. The number of hydrogen-bond donors (Lipinski definition) is 2. The molecule has 1 saturated heterocycles. The average molecular weight is 416 g/mol. The van der Waals surface area contributed by atoms with E-state index in [0.717, 1.165) is 42.4 Å². The van der Waals surface area contributed by atoms with Crippen molar-refractivity contribution < 1.29 is 14.0 Å². The normalized spacial score (nSPS) is 14.4. The first-order valence-corrected chi connectivity index (χ1v) is 10.9. The molecular formula is C22H26FN3O2S. The van der Waals surface area contributed by atoms with Gasteiger partial charge in [0.25, 0.3) is 0 Å². The second kappa shape index (κ2) is 10.4. The van der Waals surface area contributed by atoms with Crippen LogP contribution in [-0.2, 0) is 22.6 Å². The minimum absolute atomic E-state index is 0.0354. The second-order valence-electron chi connectivity index (χ2n) is 7.11. The van der Waals surface area contributed by atoms with Crippen LogP contribution in [0.2, 0.25) is 0 Å². The van der Waals surface area contributed by atoms with Gasteiger partial charge in [0.1, 0.15) is 5.82 Å². The van der Waals surface area contributed by atoms with Crippen molar-refractivity contribution in [3.63, 3.8) is 0 Å². The maximum Gasteiger partial charge on any atom is 0.243 e. The van der Waals surface area contributed by atoms with Gasteiger partial charge in [-0.15, -0.1) is 0 Å². The molecule has 1 heterocycles. The van der Waals surface area contributed by atoms with Crippen molar-refractivity contribution >= 4 is 29.3 Å². The third-order valence-corrected chi connectivity index (χ3v) is 5.86. The van der Waals surface area contributed by atoms with E-state index in [1.165, 1.54) is 17.7 Å². The summed E-state index contributed by atoms with van der Waals surface area (Å²) in [5.41, 5.74) is 3.58. The molecule has 3 rings (SSSR count). The zero-order chi connectivity index (χ0) is 20.6. The number of thioether (sulfide) groups is 1. The Bertz CT molecular complexity index is 869. The number of halogens is 1. The molecule has 1 aliphatic heterocycles. The van der Waals surface area contributed by atoms with Gasteiger partial charge in [-0.25, -0.2) is 4.39 Å². The first-order chi connectivity index (χ1) is 14.0. The van der Waals surface area contributed by atoms with Gasteiger partial charge in [0.2, 0.25) is 11.8 Å². The monoisotopic (exact) mass is 415 g/mol. The molecular weight excluding hydrogens is 389 g/mol. The molecule has 0 atom stereocenters. The molecule has 0 aromatic heterocycles. The van der Waals surface area contributed by atoms with Crippen LogP contribution < -0.4 is 10.6 Å². The predicted molar refractivity (Wildman–Crippen MR) is 116 cm³/mol. The van der Waals surface area contributed by atoms with Crippen molar-refractivity contribution in [3.8, 4) is 0 Å². The Morgan fingerprint density at radius 3 is 2.62 bits per heavy atom. The van der Waals surface area contributed by atoms with E-state index >= 15 is 0 Å². The Morgan fingerprint density at radius 1 is 1.10 bits per heavy atom. The predicted octanol–water partition coefficient (Wildman–Crippen LogP) is 2.98. The summed E-state index contributed by atoms with van der Waals surface area (Å²) in [6.45, 7) is 4.92. The number of carbonyl (C=O) groups excluding carboxylic acids is 2. The molecule has 0 unspecified atom stereocenters. The van der Waals surface area contributed by atoms with Gasteiger partial charge < -0.3 is 10.6 Å². The largest absolute Gasteiger partial charge is 0.347 e. The van der Waals surface area contributed by atoms with Gasteiger partial charge in [0.05, 0.1) is 13.0 Å². The Labute approximate surface area is 175 Å². The summed E-state index contributed by atoms with van der Waals surface area (Å²) in [5.74, 6) is 1.33. The van der Waals surface area contributed by atoms with Gasteiger partial charge in [-0.2, -0.15) is 11.8 Å². The molecule has 0 aliphatic carbocycles. The number of nitrogens with zero attached hydrogens (tertiary/aromatic N) is 1. The molecule has 154 valence electrons. The SMILES string of the molecule is Cc1c(CN2CCSCC2)cccc1NC(=O)CNC(=O)Cc1cccc(F)c1. The maximum absolute atomic E-state index is 13.2. The van der Waals surface area contributed by atoms with Crippen LogP contribution in [0, 0.1) is 12.7 Å². The van der Waals surface area contributed by atoms with Gasteiger partial charge in [0.15, 0.2) is 0 Å². The zero-order valence-electron chi connectivity index (χ0n) is 16.5. The van der Waals surface area contributed by atoms with Crippen LogP contribution >= 0.6 is 11.8 Å². The molecule has 5 nitrogen and oxygen atoms in total. The van der Waals surface area contributed by atoms with Crippen LogP contribution in [0.5, 0.6) is 0 Å². The number of anilines is 1. The third kappa shape index (κ3) is 6.58. The zero-order valence-corrected chi connectivity index (χ0v) is 17.4. The molecule has 0 bridgehead atoms. The summed E-state index contributed by atoms with van der Waals surface area (Å²) >= 11 is 1.98. The van der Waals surface area contributed by atoms with Crippen molar-refractivity contribution in [2.75, 3.05) is 36.5 Å². The standard InChI is InChI=1S/C22H26FN3O2S/c1-16-18(15-26-8-10-29-11-9-26)5-3-7-20(16)25-22(28)14-24-21(27)13-17-4-2-6-19(23)12-17/h2-7,12H,8-11,13-15H2,1H3,(H,24,27)(H,25,28). The minimum atomic E-state index is -0.383. The average Bonchev–Trinajstić information content (AvgIpc) is 2.70. The minimum Gasteiger partial charge on any atom is -0.347 e. The van der Waals surface area contributed by atoms with Crippen molar-refractivity contribution in [1.29, 1.82) is 0 Å². The van der Waals surface area contributed by atoms with E-state index in [1.54, 1.807) is 12.1 Å². The highest BCUT2D eigenvalue weighted by atomic mass is 32.2. The molecule has 29 heavy (non-hydrogen) atoms. The first-order valence-electron chi connectivity index (χ1n) is 9.71. The van der Waals surface area contributed by atoms with Crippen LogP contribution in [0.4, 0.5) is 10.1 Å². The van der Waals surface area contributed by atoms with Crippen LogP contribution in [0.15, 0.2) is 42.5 Å². The fourth-order valence-electron chi connectivity index (χ4n) is 3.26. The lowest BCUT2D eigenvalue weighted by molar-refractivity contribution is -0.123. The lowest BCUT2D eigenvalue weighted by atomic mass is 10.1. The van der Waals surface area contributed by atoms with Gasteiger partial charge in [-0.3, -0.25) is 14.5 Å². The van der Waals surface area contributed by atoms with Crippen LogP contribution in [0.25, 0.3) is 0 Å². The number of carbonyl (C=O) groups is 2. The van der Waals surface area contributed by atoms with Crippen LogP contribution in [0.3, 0.4) is 0 Å². The summed E-state index contributed by atoms with van der Waals surface area (Å²) in [4.78, 5) is 26.7. The molecule has 2 N–H and O–H groups in total. The number of nitrogens with one attached hydrogen (secondary N) is 2. The topological polar surface area (TPSA) is 61.4 Å². The van der Waals surface area contributed by atoms with Crippen LogP contribution in [0.1, 0.15) is 16.7 Å². The van der Waals surface area contributed by atoms with E-state index in [0.29, 0.717) is 5.56 Å². The summed E-state index contributed by atoms with van der Waals surface area (Å²) < 4.78 is 13.2. The Balaban J connectivity index is 1.50. The Morgan fingerprint density at radius 2 is 1.86 bits per heavy atom. The molecule has 7 heteroatoms. The highest BCUT2D eigenvalue weighted by molar-refractivity contribution is 7.99. The third-order valence-electron chi connectivity index (χ3n) is 4.92. The molecule has 1 aliphatic rings. The first kappa shape index (κ1) is 21.3. The van der Waals surface area contributed by atoms with Gasteiger partial charge in [0, 0.05) is 36.8 Å². The highest BCUT2D eigenvalue weighted by Gasteiger charge is 2.14. The molecule has 0 spiro atoms. The lowest BCUT2D eigenvalue weighted by Gasteiger charge is -2.27. The van der Waals surface area contributed by atoms with Gasteiger partial charge in [-0.1, -0.05) is 24.3 Å². The van der Waals surface area contributed by atoms with E-state index in [2.05, 4.69) is 21.6 Å². The molecule has 2 aromatic carbocycles. The molecule has 2 aromatic rings. The summed E-state index contributed by atoms with van der Waals surface area (Å²) in [6, 6.07) is 11.8. The number of hydrogen-bond acceptors (Lipinski definition) is 4. The number of amides is 2. The second-order valence-corrected chi connectivity index (χ2v) is 8.33. The van der Waals surface area contributed by atoms with Crippen molar-refractivity contribution in [1.82, 2.24) is 10.2 Å². The van der Waals surface area contributed by atoms with E-state index < -0.39 is 0 Å². The summed E-state index contributed by atoms with van der Waals surface area (Å²) in [6.07, 6.45) is 0.0354. The van der Waals surface area contributed by atoms with Crippen molar-refractivity contribution in [2.45, 2.75) is 19.9 Å². The Hall–Kier alpha value is -2.38. The number of benzene rings is 2. The lowest BCUT2D eigenvalue weighted by Crippen LogP contribution is -2.34. The van der Waals surface area contributed by atoms with Gasteiger partial charge >= 0.3 is 0 Å². The fraction of sp³-hybridized carbons (Fsp3) is 0.364. The molecule has 1 fully saturated rings. The van der Waals surface area contributed by atoms with E-state index in [-0.39, 0.29) is 30.6 Å². The van der Waals surface area contributed by atoms with E-state index in [4.69, 9.17) is 0 Å². The number of rotatable bonds is 7. The molecule has 2 amide bonds. The summed E-state index contributed by atoms with van der Waals surface area (Å²) in [5, 5.41) is 5.47. The molecule has 0 saturated carbocycles. The van der Waals surface area contributed by atoms with Crippen LogP contribution in [-0.4, -0.2) is 47.9 Å². The quantitative estimate of drug-likeness (QED) is 0.730. The Kier molecular flexibility index (Phi) is 7.66. The highest BCUT2D eigenvalue weighted by Crippen LogP contribution is 2.21.